The molecule has 0 aromatic rings. The van der Waals surface area contributed by atoms with Gasteiger partial charge in [-0.1, -0.05) is 0 Å². The first-order valence-corrected chi connectivity index (χ1v) is 7.89. The van der Waals surface area contributed by atoms with Crippen molar-refractivity contribution in [3.63, 3.8) is 0 Å². The summed E-state index contributed by atoms with van der Waals surface area (Å²) in [5.74, 6) is 0.649. The summed E-state index contributed by atoms with van der Waals surface area (Å²) in [5.41, 5.74) is 4.05. The first-order chi connectivity index (χ1) is 9.69. The van der Waals surface area contributed by atoms with Crippen LogP contribution in [0.2, 0.25) is 0 Å². The van der Waals surface area contributed by atoms with Crippen LogP contribution in [0.4, 0.5) is 0 Å². The Balaban J connectivity index is 1.55. The molecule has 3 heterocycles. The predicted molar refractivity (Wildman–Crippen MR) is 80.5 cm³/mol. The van der Waals surface area contributed by atoms with Gasteiger partial charge < -0.3 is 4.79 Å². The molecule has 4 nitrogen and oxygen atoms in total. The third kappa shape index (κ3) is 2.59. The second kappa shape index (κ2) is 5.78. The first-order valence-electron chi connectivity index (χ1n) is 7.89. The molecule has 0 aromatic carbocycles. The highest BCUT2D eigenvalue weighted by molar-refractivity contribution is 5.91. The molecule has 0 radical (unpaired) electrons. The summed E-state index contributed by atoms with van der Waals surface area (Å²) in [6.07, 6.45) is 6.74. The number of rotatable bonds is 3. The van der Waals surface area contributed by atoms with Crippen LogP contribution in [0.5, 0.6) is 0 Å². The lowest BCUT2D eigenvalue weighted by Gasteiger charge is -2.39. The molecule has 20 heavy (non-hydrogen) atoms. The maximum Gasteiger partial charge on any atom is 0.138 e. The molecular weight excluding hydrogens is 250 g/mol. The van der Waals surface area contributed by atoms with Crippen molar-refractivity contribution >= 4 is 12.0 Å². The molecule has 0 spiro atoms. The van der Waals surface area contributed by atoms with Crippen molar-refractivity contribution < 1.29 is 4.79 Å². The first kappa shape index (κ1) is 14.0. The van der Waals surface area contributed by atoms with E-state index < -0.39 is 0 Å². The molecule has 2 saturated heterocycles. The quantitative estimate of drug-likeness (QED) is 0.742. The van der Waals surface area contributed by atoms with Gasteiger partial charge in [-0.2, -0.15) is 0 Å². The van der Waals surface area contributed by atoms with E-state index in [2.05, 4.69) is 23.9 Å². The van der Waals surface area contributed by atoms with Crippen LogP contribution in [0.25, 0.3) is 0 Å². The van der Waals surface area contributed by atoms with Crippen LogP contribution in [0.3, 0.4) is 0 Å². The predicted octanol–water partition coefficient (Wildman–Crippen LogP) is 2.42. The standard InChI is InChI=1S/C16H25N3O/c1-12-10-16(17-13(12)2)14-5-8-18(9-6-14)19-7-3-4-15(19)11-20/h11,14-15H,3-10H2,1-2H3/t15-/m0/s1. The number of hydrogen-bond acceptors (Lipinski definition) is 4. The summed E-state index contributed by atoms with van der Waals surface area (Å²) in [4.78, 5) is 15.9. The minimum atomic E-state index is 0.126. The Labute approximate surface area is 121 Å². The summed E-state index contributed by atoms with van der Waals surface area (Å²) in [6, 6.07) is 0.126. The average Bonchev–Trinajstić information content (AvgIpc) is 3.06. The van der Waals surface area contributed by atoms with Crippen LogP contribution >= 0.6 is 0 Å². The van der Waals surface area contributed by atoms with Gasteiger partial charge in [0.1, 0.15) is 6.29 Å². The number of hydrogen-bond donors (Lipinski definition) is 0. The summed E-state index contributed by atoms with van der Waals surface area (Å²) < 4.78 is 0. The second-order valence-electron chi connectivity index (χ2n) is 6.38. The van der Waals surface area contributed by atoms with E-state index in [1.165, 1.54) is 29.8 Å². The topological polar surface area (TPSA) is 35.9 Å². The third-order valence-electron chi connectivity index (χ3n) is 5.11. The highest BCUT2D eigenvalue weighted by Crippen LogP contribution is 2.30. The Morgan fingerprint density at radius 1 is 1.15 bits per heavy atom. The van der Waals surface area contributed by atoms with Crippen LogP contribution in [0, 0.1) is 5.92 Å². The zero-order chi connectivity index (χ0) is 14.1. The zero-order valence-corrected chi connectivity index (χ0v) is 12.6. The van der Waals surface area contributed by atoms with Gasteiger partial charge in [0.15, 0.2) is 0 Å². The van der Waals surface area contributed by atoms with Crippen molar-refractivity contribution in [2.24, 2.45) is 10.9 Å². The third-order valence-corrected chi connectivity index (χ3v) is 5.11. The largest absolute Gasteiger partial charge is 0.302 e. The second-order valence-corrected chi connectivity index (χ2v) is 6.38. The van der Waals surface area contributed by atoms with Crippen molar-refractivity contribution in [1.82, 2.24) is 10.0 Å². The zero-order valence-electron chi connectivity index (χ0n) is 12.6. The van der Waals surface area contributed by atoms with E-state index in [0.29, 0.717) is 5.92 Å². The van der Waals surface area contributed by atoms with E-state index in [9.17, 15) is 4.79 Å². The highest BCUT2D eigenvalue weighted by Gasteiger charge is 2.33. The molecule has 0 aliphatic carbocycles. The molecule has 3 aliphatic heterocycles. The van der Waals surface area contributed by atoms with E-state index in [1.807, 2.05) is 0 Å². The molecule has 0 N–H and O–H groups in total. The molecule has 4 heteroatoms. The number of carbonyl (C=O) groups is 1. The molecule has 0 amide bonds. The number of aldehydes is 1. The number of hydrazine groups is 1. The Bertz CT molecular complexity index is 447. The summed E-state index contributed by atoms with van der Waals surface area (Å²) in [6.45, 7) is 7.52. The van der Waals surface area contributed by atoms with Crippen molar-refractivity contribution in [3.8, 4) is 0 Å². The molecule has 2 fully saturated rings. The van der Waals surface area contributed by atoms with Gasteiger partial charge in [-0.3, -0.25) is 4.99 Å². The van der Waals surface area contributed by atoms with Crippen LogP contribution in [-0.4, -0.2) is 47.7 Å². The van der Waals surface area contributed by atoms with Gasteiger partial charge in [-0.05, 0) is 45.1 Å². The van der Waals surface area contributed by atoms with Crippen molar-refractivity contribution in [2.75, 3.05) is 19.6 Å². The lowest BCUT2D eigenvalue weighted by Crippen LogP contribution is -2.50. The molecule has 0 unspecified atom stereocenters. The van der Waals surface area contributed by atoms with Crippen LogP contribution in [0.15, 0.2) is 16.3 Å². The van der Waals surface area contributed by atoms with Crippen molar-refractivity contribution in [2.45, 2.75) is 52.0 Å². The molecule has 0 aromatic heterocycles. The van der Waals surface area contributed by atoms with E-state index in [-0.39, 0.29) is 6.04 Å². The number of piperidine rings is 1. The Kier molecular flexibility index (Phi) is 4.03. The van der Waals surface area contributed by atoms with Gasteiger partial charge in [-0.15, -0.1) is 0 Å². The van der Waals surface area contributed by atoms with Gasteiger partial charge in [0.25, 0.3) is 0 Å². The number of carbonyl (C=O) groups excluding carboxylic acids is 1. The minimum absolute atomic E-state index is 0.126. The lowest BCUT2D eigenvalue weighted by molar-refractivity contribution is -0.120. The van der Waals surface area contributed by atoms with Gasteiger partial charge >= 0.3 is 0 Å². The van der Waals surface area contributed by atoms with E-state index in [1.54, 1.807) is 0 Å². The molecule has 0 bridgehead atoms. The maximum absolute atomic E-state index is 11.1. The molecule has 0 saturated carbocycles. The lowest BCUT2D eigenvalue weighted by atomic mass is 9.90. The smallest absolute Gasteiger partial charge is 0.138 e. The number of allylic oxidation sites excluding steroid dienone is 2. The summed E-state index contributed by atoms with van der Waals surface area (Å²) in [7, 11) is 0. The number of nitrogens with zero attached hydrogens (tertiary/aromatic N) is 3. The normalized spacial score (nSPS) is 30.1. The minimum Gasteiger partial charge on any atom is -0.302 e. The fraction of sp³-hybridized carbons (Fsp3) is 0.750. The van der Waals surface area contributed by atoms with Crippen LogP contribution in [-0.2, 0) is 4.79 Å². The molecule has 3 rings (SSSR count). The monoisotopic (exact) mass is 275 g/mol. The highest BCUT2D eigenvalue weighted by atomic mass is 16.1. The average molecular weight is 275 g/mol. The molecule has 110 valence electrons. The van der Waals surface area contributed by atoms with Gasteiger partial charge in [-0.25, -0.2) is 10.0 Å². The van der Waals surface area contributed by atoms with E-state index in [4.69, 9.17) is 4.99 Å². The molecular formula is C16H25N3O. The SMILES string of the molecule is CC1=C(C)N=C(C2CCN(N3CCC[C@H]3C=O)CC2)C1. The fourth-order valence-electron chi connectivity index (χ4n) is 3.71. The fourth-order valence-corrected chi connectivity index (χ4v) is 3.71. The van der Waals surface area contributed by atoms with Crippen molar-refractivity contribution in [1.29, 1.82) is 0 Å². The van der Waals surface area contributed by atoms with Crippen LogP contribution in [0.1, 0.15) is 46.0 Å². The van der Waals surface area contributed by atoms with E-state index in [0.717, 1.165) is 45.2 Å². The maximum atomic E-state index is 11.1. The Morgan fingerprint density at radius 3 is 2.50 bits per heavy atom. The van der Waals surface area contributed by atoms with Crippen molar-refractivity contribution in [3.05, 3.63) is 11.3 Å². The summed E-state index contributed by atoms with van der Waals surface area (Å²) >= 11 is 0. The molecule has 3 aliphatic rings. The Morgan fingerprint density at radius 2 is 1.90 bits per heavy atom. The van der Waals surface area contributed by atoms with Gasteiger partial charge in [0.2, 0.25) is 0 Å². The van der Waals surface area contributed by atoms with Gasteiger partial charge in [0, 0.05) is 43.4 Å². The molecule has 1 atom stereocenters. The van der Waals surface area contributed by atoms with Gasteiger partial charge in [0.05, 0.1) is 6.04 Å². The van der Waals surface area contributed by atoms with E-state index >= 15 is 0 Å². The Hall–Kier alpha value is -1.00. The van der Waals surface area contributed by atoms with Crippen LogP contribution < -0.4 is 0 Å². The number of aliphatic imine (C=N–C) groups is 1. The summed E-state index contributed by atoms with van der Waals surface area (Å²) in [5, 5.41) is 4.71.